The monoisotopic (exact) mass is 372 g/mol. The molecular weight excluding hydrogens is 340 g/mol. The van der Waals surface area contributed by atoms with Gasteiger partial charge in [0.15, 0.2) is 11.7 Å². The van der Waals surface area contributed by atoms with Crippen molar-refractivity contribution in [2.24, 2.45) is 4.99 Å². The predicted octanol–water partition coefficient (Wildman–Crippen LogP) is 4.23. The largest absolute Gasteiger partial charge is 0.491 e. The van der Waals surface area contributed by atoms with Gasteiger partial charge in [0.25, 0.3) is 0 Å². The Kier molecular flexibility index (Phi) is 8.17. The quantitative estimate of drug-likeness (QED) is 0.509. The lowest BCUT2D eigenvalue weighted by atomic mass is 9.99. The molecule has 0 fully saturated rings. The van der Waals surface area contributed by atoms with Gasteiger partial charge in [-0.05, 0) is 44.4 Å². The first-order valence-corrected chi connectivity index (χ1v) is 9.71. The third kappa shape index (κ3) is 6.62. The summed E-state index contributed by atoms with van der Waals surface area (Å²) < 4.78 is 11.1. The van der Waals surface area contributed by atoms with Crippen LogP contribution < -0.4 is 15.4 Å². The summed E-state index contributed by atoms with van der Waals surface area (Å²) in [6, 6.07) is 10.1. The summed E-state index contributed by atoms with van der Waals surface area (Å²) in [6.45, 7) is 9.62. The maximum Gasteiger partial charge on any atom is 0.191 e. The number of hydrogen-bond acceptors (Lipinski definition) is 4. The highest BCUT2D eigenvalue weighted by Crippen LogP contribution is 2.22. The van der Waals surface area contributed by atoms with Crippen LogP contribution in [0.5, 0.6) is 5.75 Å². The summed E-state index contributed by atoms with van der Waals surface area (Å²) in [5.74, 6) is 2.88. The zero-order valence-corrected chi connectivity index (χ0v) is 17.1. The number of benzene rings is 1. The van der Waals surface area contributed by atoms with Gasteiger partial charge in [-0.15, -0.1) is 0 Å². The molecule has 2 rings (SSSR count). The Morgan fingerprint density at radius 3 is 2.37 bits per heavy atom. The van der Waals surface area contributed by atoms with Gasteiger partial charge in [-0.25, -0.2) is 0 Å². The molecular formula is C21H32N4O2. The molecule has 0 aliphatic carbocycles. The van der Waals surface area contributed by atoms with Crippen molar-refractivity contribution in [3.05, 3.63) is 47.3 Å². The zero-order valence-electron chi connectivity index (χ0n) is 17.1. The maximum atomic E-state index is 5.67. The standard InChI is InChI=1S/C21H32N4O2/c1-6-17(7-2)20-12-19(27-25-20)14-24-21(22-5)23-13-16-8-10-18(11-9-16)26-15(3)4/h8-12,15,17H,6-7,13-14H2,1-5H3,(H2,22,23,24). The topological polar surface area (TPSA) is 71.7 Å². The van der Waals surface area contributed by atoms with Gasteiger partial charge < -0.3 is 19.9 Å². The second-order valence-corrected chi connectivity index (χ2v) is 6.82. The third-order valence-corrected chi connectivity index (χ3v) is 4.39. The minimum absolute atomic E-state index is 0.179. The number of ether oxygens (including phenoxy) is 1. The Morgan fingerprint density at radius 1 is 1.11 bits per heavy atom. The summed E-state index contributed by atoms with van der Waals surface area (Å²) >= 11 is 0. The van der Waals surface area contributed by atoms with Crippen LogP contribution in [0.3, 0.4) is 0 Å². The molecule has 0 saturated heterocycles. The maximum absolute atomic E-state index is 5.67. The summed E-state index contributed by atoms with van der Waals surface area (Å²) in [5, 5.41) is 10.8. The highest BCUT2D eigenvalue weighted by molar-refractivity contribution is 5.79. The minimum atomic E-state index is 0.179. The molecule has 27 heavy (non-hydrogen) atoms. The fourth-order valence-corrected chi connectivity index (χ4v) is 2.85. The smallest absolute Gasteiger partial charge is 0.191 e. The molecule has 2 N–H and O–H groups in total. The zero-order chi connectivity index (χ0) is 19.6. The first-order valence-electron chi connectivity index (χ1n) is 9.71. The molecule has 0 saturated carbocycles. The Bertz CT molecular complexity index is 703. The van der Waals surface area contributed by atoms with E-state index in [1.165, 1.54) is 0 Å². The molecule has 1 aromatic carbocycles. The SMILES string of the molecule is CCC(CC)c1cc(CNC(=NC)NCc2ccc(OC(C)C)cc2)on1. The Balaban J connectivity index is 1.82. The average Bonchev–Trinajstić information content (AvgIpc) is 3.12. The Hall–Kier alpha value is -2.50. The first-order chi connectivity index (χ1) is 13.0. The molecule has 0 unspecified atom stereocenters. The van der Waals surface area contributed by atoms with E-state index in [0.717, 1.165) is 41.6 Å². The molecule has 0 aliphatic rings. The predicted molar refractivity (Wildman–Crippen MR) is 109 cm³/mol. The molecule has 148 valence electrons. The number of hydrogen-bond donors (Lipinski definition) is 2. The molecule has 0 aliphatic heterocycles. The van der Waals surface area contributed by atoms with Crippen LogP contribution in [0.15, 0.2) is 39.8 Å². The summed E-state index contributed by atoms with van der Waals surface area (Å²) in [6.07, 6.45) is 2.32. The van der Waals surface area contributed by atoms with Gasteiger partial charge in [-0.2, -0.15) is 0 Å². The van der Waals surface area contributed by atoms with E-state index in [4.69, 9.17) is 9.26 Å². The number of guanidine groups is 1. The number of nitrogens with zero attached hydrogens (tertiary/aromatic N) is 2. The summed E-state index contributed by atoms with van der Waals surface area (Å²) in [7, 11) is 1.75. The highest BCUT2D eigenvalue weighted by Gasteiger charge is 2.13. The van der Waals surface area contributed by atoms with Crippen LogP contribution in [0.4, 0.5) is 0 Å². The number of aliphatic imine (C=N–C) groups is 1. The Labute approximate surface area is 162 Å². The van der Waals surface area contributed by atoms with Crippen LogP contribution in [0.1, 0.15) is 63.5 Å². The summed E-state index contributed by atoms with van der Waals surface area (Å²) in [4.78, 5) is 4.26. The van der Waals surface area contributed by atoms with E-state index in [9.17, 15) is 0 Å². The molecule has 1 aromatic heterocycles. The average molecular weight is 373 g/mol. The molecule has 0 atom stereocenters. The van der Waals surface area contributed by atoms with Crippen LogP contribution >= 0.6 is 0 Å². The van der Waals surface area contributed by atoms with E-state index in [-0.39, 0.29) is 6.10 Å². The summed E-state index contributed by atoms with van der Waals surface area (Å²) in [5.41, 5.74) is 2.19. The first kappa shape index (κ1) is 20.8. The molecule has 6 nitrogen and oxygen atoms in total. The third-order valence-electron chi connectivity index (χ3n) is 4.39. The van der Waals surface area contributed by atoms with Crippen LogP contribution in [-0.2, 0) is 13.1 Å². The normalized spacial score (nSPS) is 11.9. The van der Waals surface area contributed by atoms with E-state index in [1.54, 1.807) is 7.05 Å². The Morgan fingerprint density at radius 2 is 1.78 bits per heavy atom. The molecule has 0 radical (unpaired) electrons. The van der Waals surface area contributed by atoms with E-state index in [2.05, 4.69) is 46.8 Å². The van der Waals surface area contributed by atoms with Gasteiger partial charge in [-0.1, -0.05) is 31.1 Å². The van der Waals surface area contributed by atoms with E-state index in [0.29, 0.717) is 19.0 Å². The number of nitrogens with one attached hydrogen (secondary N) is 2. The van der Waals surface area contributed by atoms with Crippen LogP contribution in [0, 0.1) is 0 Å². The van der Waals surface area contributed by atoms with Gasteiger partial charge in [-0.3, -0.25) is 4.99 Å². The van der Waals surface area contributed by atoms with Crippen molar-refractivity contribution in [2.75, 3.05) is 7.05 Å². The van der Waals surface area contributed by atoms with Gasteiger partial charge in [0, 0.05) is 25.6 Å². The second-order valence-electron chi connectivity index (χ2n) is 6.82. The number of aromatic nitrogens is 1. The van der Waals surface area contributed by atoms with Gasteiger partial charge in [0.05, 0.1) is 18.3 Å². The fourth-order valence-electron chi connectivity index (χ4n) is 2.85. The molecule has 0 bridgehead atoms. The van der Waals surface area contributed by atoms with Crippen molar-refractivity contribution in [3.8, 4) is 5.75 Å². The van der Waals surface area contributed by atoms with Crippen LogP contribution in [-0.4, -0.2) is 24.3 Å². The van der Waals surface area contributed by atoms with E-state index < -0.39 is 0 Å². The van der Waals surface area contributed by atoms with Crippen LogP contribution in [0.2, 0.25) is 0 Å². The molecule has 1 heterocycles. The van der Waals surface area contributed by atoms with Crippen molar-refractivity contribution in [2.45, 2.75) is 65.6 Å². The number of rotatable bonds is 9. The van der Waals surface area contributed by atoms with Gasteiger partial charge in [0.2, 0.25) is 0 Å². The van der Waals surface area contributed by atoms with Crippen molar-refractivity contribution >= 4 is 5.96 Å². The van der Waals surface area contributed by atoms with Crippen LogP contribution in [0.25, 0.3) is 0 Å². The van der Waals surface area contributed by atoms with E-state index in [1.807, 2.05) is 32.0 Å². The lowest BCUT2D eigenvalue weighted by Crippen LogP contribution is -2.36. The van der Waals surface area contributed by atoms with Crippen molar-refractivity contribution < 1.29 is 9.26 Å². The highest BCUT2D eigenvalue weighted by atomic mass is 16.5. The van der Waals surface area contributed by atoms with Crippen molar-refractivity contribution in [1.82, 2.24) is 15.8 Å². The molecule has 2 aromatic rings. The second kappa shape index (κ2) is 10.6. The van der Waals surface area contributed by atoms with E-state index >= 15 is 0 Å². The fraction of sp³-hybridized carbons (Fsp3) is 0.524. The lowest BCUT2D eigenvalue weighted by molar-refractivity contribution is 0.242. The van der Waals surface area contributed by atoms with Gasteiger partial charge in [0.1, 0.15) is 5.75 Å². The van der Waals surface area contributed by atoms with Gasteiger partial charge >= 0.3 is 0 Å². The van der Waals surface area contributed by atoms with Crippen molar-refractivity contribution in [1.29, 1.82) is 0 Å². The minimum Gasteiger partial charge on any atom is -0.491 e. The molecule has 0 spiro atoms. The molecule has 6 heteroatoms. The van der Waals surface area contributed by atoms with Crippen molar-refractivity contribution in [3.63, 3.8) is 0 Å². The molecule has 0 amide bonds. The lowest BCUT2D eigenvalue weighted by Gasteiger charge is -2.12.